The van der Waals surface area contributed by atoms with E-state index < -0.39 is 0 Å². The van der Waals surface area contributed by atoms with Crippen LogP contribution in [-0.2, 0) is 11.3 Å². The van der Waals surface area contributed by atoms with Gasteiger partial charge in [-0.2, -0.15) is 0 Å². The van der Waals surface area contributed by atoms with Gasteiger partial charge in [0.15, 0.2) is 5.96 Å². The van der Waals surface area contributed by atoms with Gasteiger partial charge in [-0.15, -0.1) is 0 Å². The molecule has 31 heavy (non-hydrogen) atoms. The Hall–Kier alpha value is -2.12. The van der Waals surface area contributed by atoms with Crippen molar-refractivity contribution in [1.82, 2.24) is 25.3 Å². The maximum atomic E-state index is 12.1. The molecular formula is C24H40N6O. The lowest BCUT2D eigenvalue weighted by Gasteiger charge is -2.34. The minimum Gasteiger partial charge on any atom is -0.355 e. The van der Waals surface area contributed by atoms with Crippen molar-refractivity contribution in [3.8, 4) is 0 Å². The molecule has 7 heteroatoms. The fourth-order valence-electron chi connectivity index (χ4n) is 4.55. The summed E-state index contributed by atoms with van der Waals surface area (Å²) in [5, 5.41) is 7.17. The second kappa shape index (κ2) is 12.1. The van der Waals surface area contributed by atoms with Gasteiger partial charge >= 0.3 is 0 Å². The van der Waals surface area contributed by atoms with Gasteiger partial charge < -0.3 is 15.5 Å². The Labute approximate surface area is 187 Å². The number of nitrogens with zero attached hydrogens (tertiary/aromatic N) is 4. The van der Waals surface area contributed by atoms with E-state index in [9.17, 15) is 4.79 Å². The van der Waals surface area contributed by atoms with Crippen molar-refractivity contribution in [3.63, 3.8) is 0 Å². The van der Waals surface area contributed by atoms with Gasteiger partial charge in [0.25, 0.3) is 0 Å². The molecular weight excluding hydrogens is 388 g/mol. The van der Waals surface area contributed by atoms with Gasteiger partial charge in [0, 0.05) is 45.8 Å². The first kappa shape index (κ1) is 23.5. The zero-order valence-corrected chi connectivity index (χ0v) is 19.5. The van der Waals surface area contributed by atoms with Gasteiger partial charge in [0.1, 0.15) is 6.54 Å². The molecule has 2 fully saturated rings. The Morgan fingerprint density at radius 1 is 1.16 bits per heavy atom. The predicted octanol–water partition coefficient (Wildman–Crippen LogP) is 1.76. The topological polar surface area (TPSA) is 63.2 Å². The van der Waals surface area contributed by atoms with Crippen molar-refractivity contribution < 1.29 is 4.79 Å². The highest BCUT2D eigenvalue weighted by Gasteiger charge is 2.24. The largest absolute Gasteiger partial charge is 0.355 e. The summed E-state index contributed by atoms with van der Waals surface area (Å²) in [5.41, 5.74) is 1.35. The molecule has 0 aliphatic carbocycles. The molecule has 3 rings (SSSR count). The second-order valence-corrected chi connectivity index (χ2v) is 8.96. The van der Waals surface area contributed by atoms with Gasteiger partial charge in [0.05, 0.1) is 0 Å². The molecule has 2 N–H and O–H groups in total. The van der Waals surface area contributed by atoms with Crippen LogP contribution in [0.3, 0.4) is 0 Å². The summed E-state index contributed by atoms with van der Waals surface area (Å²) in [5.74, 6) is 0.788. The normalized spacial score (nSPS) is 23.0. The highest BCUT2D eigenvalue weighted by Crippen LogP contribution is 2.16. The number of hydrogen-bond acceptors (Lipinski definition) is 4. The lowest BCUT2D eigenvalue weighted by molar-refractivity contribution is -0.127. The molecule has 2 aliphatic heterocycles. The van der Waals surface area contributed by atoms with Crippen LogP contribution in [-0.4, -0.2) is 92.0 Å². The number of carbonyl (C=O) groups excluding carboxylic acids is 1. The van der Waals surface area contributed by atoms with Crippen molar-refractivity contribution in [2.24, 2.45) is 4.99 Å². The van der Waals surface area contributed by atoms with E-state index in [2.05, 4.69) is 62.7 Å². The van der Waals surface area contributed by atoms with Crippen LogP contribution in [0.2, 0.25) is 0 Å². The Kier molecular flexibility index (Phi) is 9.15. The van der Waals surface area contributed by atoms with E-state index in [4.69, 9.17) is 0 Å². The highest BCUT2D eigenvalue weighted by molar-refractivity contribution is 5.85. The Morgan fingerprint density at radius 3 is 2.68 bits per heavy atom. The van der Waals surface area contributed by atoms with Gasteiger partial charge in [-0.25, -0.2) is 4.99 Å². The summed E-state index contributed by atoms with van der Waals surface area (Å²) in [6, 6.07) is 11.5. The van der Waals surface area contributed by atoms with Gasteiger partial charge in [-0.1, -0.05) is 37.3 Å². The lowest BCUT2D eigenvalue weighted by Crippen LogP contribution is -2.52. The predicted molar refractivity (Wildman–Crippen MR) is 127 cm³/mol. The third-order valence-corrected chi connectivity index (χ3v) is 6.38. The molecule has 2 heterocycles. The van der Waals surface area contributed by atoms with Crippen molar-refractivity contribution in [2.75, 3.05) is 53.4 Å². The van der Waals surface area contributed by atoms with Crippen LogP contribution in [0.5, 0.6) is 0 Å². The molecule has 0 saturated carbocycles. The summed E-state index contributed by atoms with van der Waals surface area (Å²) < 4.78 is 0. The summed E-state index contributed by atoms with van der Waals surface area (Å²) >= 11 is 0. The molecule has 2 aliphatic rings. The lowest BCUT2D eigenvalue weighted by atomic mass is 10.0. The number of carbonyl (C=O) groups is 1. The van der Waals surface area contributed by atoms with E-state index in [-0.39, 0.29) is 12.5 Å². The number of rotatable bonds is 8. The molecule has 172 valence electrons. The van der Waals surface area contributed by atoms with Crippen molar-refractivity contribution in [2.45, 2.75) is 51.2 Å². The fourth-order valence-corrected chi connectivity index (χ4v) is 4.55. The first-order valence-corrected chi connectivity index (χ1v) is 11.8. The Balaban J connectivity index is 1.58. The number of benzene rings is 1. The molecule has 2 saturated heterocycles. The van der Waals surface area contributed by atoms with E-state index in [1.165, 1.54) is 31.4 Å². The number of nitrogens with one attached hydrogen (secondary N) is 2. The van der Waals surface area contributed by atoms with E-state index >= 15 is 0 Å². The van der Waals surface area contributed by atoms with E-state index in [1.807, 2.05) is 0 Å². The van der Waals surface area contributed by atoms with Crippen molar-refractivity contribution >= 4 is 11.9 Å². The molecule has 1 aromatic rings. The van der Waals surface area contributed by atoms with Crippen molar-refractivity contribution in [3.05, 3.63) is 35.9 Å². The summed E-state index contributed by atoms with van der Waals surface area (Å²) in [6.45, 7) is 8.63. The van der Waals surface area contributed by atoms with Gasteiger partial charge in [0.2, 0.25) is 5.91 Å². The molecule has 0 spiro atoms. The average molecular weight is 429 g/mol. The molecule has 7 nitrogen and oxygen atoms in total. The van der Waals surface area contributed by atoms with Crippen LogP contribution >= 0.6 is 0 Å². The van der Waals surface area contributed by atoms with E-state index in [0.717, 1.165) is 45.1 Å². The minimum atomic E-state index is 0.0199. The van der Waals surface area contributed by atoms with Crippen LogP contribution in [0, 0.1) is 0 Å². The maximum absolute atomic E-state index is 12.1. The zero-order chi connectivity index (χ0) is 22.1. The van der Waals surface area contributed by atoms with Crippen LogP contribution in [0.25, 0.3) is 0 Å². The summed E-state index contributed by atoms with van der Waals surface area (Å²) in [7, 11) is 3.55. The zero-order valence-electron chi connectivity index (χ0n) is 19.5. The Bertz CT molecular complexity index is 707. The van der Waals surface area contributed by atoms with Crippen LogP contribution < -0.4 is 10.6 Å². The Morgan fingerprint density at radius 2 is 1.94 bits per heavy atom. The molecule has 1 amide bonds. The van der Waals surface area contributed by atoms with Gasteiger partial charge in [-0.3, -0.25) is 14.6 Å². The summed E-state index contributed by atoms with van der Waals surface area (Å²) in [6.07, 6.45) is 4.77. The van der Waals surface area contributed by atoms with Crippen LogP contribution in [0.4, 0.5) is 0 Å². The van der Waals surface area contributed by atoms with Crippen LogP contribution in [0.15, 0.2) is 35.3 Å². The third-order valence-electron chi connectivity index (χ3n) is 6.38. The fraction of sp³-hybridized carbons (Fsp3) is 0.667. The van der Waals surface area contributed by atoms with Gasteiger partial charge in [-0.05, 0) is 50.9 Å². The molecule has 0 bridgehead atoms. The van der Waals surface area contributed by atoms with E-state index in [0.29, 0.717) is 12.1 Å². The third kappa shape index (κ3) is 7.51. The number of likely N-dealkylation sites (N-methyl/N-ethyl adjacent to an activating group) is 2. The standard InChI is InChI=1S/C24H40N6O/c1-4-30-15-9-13-22(30)16-25-24(26-17-23(31)28(2)3)27-21-12-8-14-29(19-21)18-20-10-6-5-7-11-20/h5-7,10-11,21-22H,4,8-9,12-19H2,1-3H3,(H2,25,26,27). The summed E-state index contributed by atoms with van der Waals surface area (Å²) in [4.78, 5) is 23.4. The highest BCUT2D eigenvalue weighted by atomic mass is 16.2. The molecule has 2 unspecified atom stereocenters. The molecule has 2 atom stereocenters. The molecule has 1 aromatic carbocycles. The molecule has 0 aromatic heterocycles. The number of piperidine rings is 1. The first-order valence-electron chi connectivity index (χ1n) is 11.8. The first-order chi connectivity index (χ1) is 15.0. The number of guanidine groups is 1. The average Bonchev–Trinajstić information content (AvgIpc) is 3.24. The number of aliphatic imine (C=N–C) groups is 1. The van der Waals surface area contributed by atoms with Crippen LogP contribution in [0.1, 0.15) is 38.2 Å². The quantitative estimate of drug-likeness (QED) is 0.488. The number of hydrogen-bond donors (Lipinski definition) is 2. The van der Waals surface area contributed by atoms with E-state index in [1.54, 1.807) is 19.0 Å². The molecule has 0 radical (unpaired) electrons. The maximum Gasteiger partial charge on any atom is 0.243 e. The second-order valence-electron chi connectivity index (χ2n) is 8.96. The monoisotopic (exact) mass is 428 g/mol. The minimum absolute atomic E-state index is 0.0199. The van der Waals surface area contributed by atoms with Crippen molar-refractivity contribution in [1.29, 1.82) is 0 Å². The number of likely N-dealkylation sites (tertiary alicyclic amines) is 2. The number of amides is 1. The SMILES string of the molecule is CCN1CCCC1CNC(=NCC(=O)N(C)C)NC1CCCN(Cc2ccccc2)C1. The smallest absolute Gasteiger partial charge is 0.243 e.